The zero-order valence-corrected chi connectivity index (χ0v) is 22.4. The number of ether oxygens (including phenoxy) is 2. The minimum atomic E-state index is -4.65. The first kappa shape index (κ1) is 29.2. The third-order valence-corrected chi connectivity index (χ3v) is 6.21. The highest BCUT2D eigenvalue weighted by molar-refractivity contribution is 6.12. The minimum absolute atomic E-state index is 0.0644. The first-order chi connectivity index (χ1) is 19.4. The number of fused-ring (bicyclic) bond motifs is 1. The van der Waals surface area contributed by atoms with Crippen LogP contribution in [0, 0.1) is 5.82 Å². The van der Waals surface area contributed by atoms with Gasteiger partial charge in [0.2, 0.25) is 0 Å². The monoisotopic (exact) mass is 570 g/mol. The molecule has 0 saturated carbocycles. The van der Waals surface area contributed by atoms with Crippen LogP contribution in [0.3, 0.4) is 0 Å². The van der Waals surface area contributed by atoms with E-state index >= 15 is 0 Å². The highest BCUT2D eigenvalue weighted by Gasteiger charge is 2.30. The predicted octanol–water partition coefficient (Wildman–Crippen LogP) is 6.87. The van der Waals surface area contributed by atoms with E-state index in [4.69, 9.17) is 13.9 Å². The van der Waals surface area contributed by atoms with E-state index < -0.39 is 30.4 Å². The predicted molar refractivity (Wildman–Crippen MR) is 145 cm³/mol. The molecule has 0 radical (unpaired) electrons. The van der Waals surface area contributed by atoms with Gasteiger partial charge in [0.25, 0.3) is 11.8 Å². The van der Waals surface area contributed by atoms with Crippen molar-refractivity contribution in [3.63, 3.8) is 0 Å². The third kappa shape index (κ3) is 6.34. The van der Waals surface area contributed by atoms with E-state index in [1.165, 1.54) is 62.7 Å². The van der Waals surface area contributed by atoms with Crippen molar-refractivity contribution >= 4 is 22.8 Å². The maximum atomic E-state index is 13.6. The molecule has 2 amide bonds. The van der Waals surface area contributed by atoms with Crippen LogP contribution in [0.1, 0.15) is 34.1 Å². The van der Waals surface area contributed by atoms with Crippen molar-refractivity contribution in [3.05, 3.63) is 83.8 Å². The molecule has 0 fully saturated rings. The van der Waals surface area contributed by atoms with Gasteiger partial charge < -0.3 is 24.5 Å². The number of rotatable bonds is 9. The van der Waals surface area contributed by atoms with Gasteiger partial charge in [0.05, 0.1) is 18.2 Å². The van der Waals surface area contributed by atoms with Crippen molar-refractivity contribution < 1.29 is 41.0 Å². The smallest absolute Gasteiger partial charge is 0.422 e. The third-order valence-electron chi connectivity index (χ3n) is 6.21. The Bertz CT molecular complexity index is 1620. The summed E-state index contributed by atoms with van der Waals surface area (Å²) >= 11 is 0. The number of halogens is 4. The minimum Gasteiger partial charge on any atom is -0.496 e. The van der Waals surface area contributed by atoms with E-state index in [-0.39, 0.29) is 44.9 Å². The van der Waals surface area contributed by atoms with E-state index in [0.29, 0.717) is 23.2 Å². The van der Waals surface area contributed by atoms with Gasteiger partial charge in [-0.25, -0.2) is 4.39 Å². The largest absolute Gasteiger partial charge is 0.496 e. The van der Waals surface area contributed by atoms with Crippen molar-refractivity contribution in [1.82, 2.24) is 10.6 Å². The Hall–Kier alpha value is -4.80. The number of methoxy groups -OCH3 is 1. The fourth-order valence-corrected chi connectivity index (χ4v) is 4.15. The SMILES string of the molecule is C=C(CC)NC(=O)c1cc(-c2cc3c(C(=O)NC)c(-c4ccc(F)cc4)oc3cc2OCC(F)(F)F)ccc1OC. The van der Waals surface area contributed by atoms with Gasteiger partial charge in [-0.1, -0.05) is 19.6 Å². The molecule has 0 unspecified atom stereocenters. The Morgan fingerprint density at radius 1 is 0.976 bits per heavy atom. The molecule has 0 spiro atoms. The molecule has 0 aliphatic heterocycles. The molecule has 41 heavy (non-hydrogen) atoms. The molecule has 3 aromatic carbocycles. The molecule has 1 aromatic heterocycles. The van der Waals surface area contributed by atoms with Gasteiger partial charge in [0, 0.05) is 35.3 Å². The van der Waals surface area contributed by atoms with Gasteiger partial charge in [-0.2, -0.15) is 13.2 Å². The zero-order chi connectivity index (χ0) is 29.9. The van der Waals surface area contributed by atoms with Gasteiger partial charge in [-0.15, -0.1) is 0 Å². The Kier molecular flexibility index (Phi) is 8.36. The van der Waals surface area contributed by atoms with Crippen molar-refractivity contribution in [3.8, 4) is 33.9 Å². The first-order valence-corrected chi connectivity index (χ1v) is 12.4. The van der Waals surface area contributed by atoms with Gasteiger partial charge in [-0.05, 0) is 54.4 Å². The summed E-state index contributed by atoms with van der Waals surface area (Å²) in [7, 11) is 2.79. The first-order valence-electron chi connectivity index (χ1n) is 12.4. The molecule has 0 atom stereocenters. The molecule has 4 aromatic rings. The summed E-state index contributed by atoms with van der Waals surface area (Å²) in [6, 6.07) is 12.4. The van der Waals surface area contributed by atoms with Gasteiger partial charge in [-0.3, -0.25) is 9.59 Å². The average Bonchev–Trinajstić information content (AvgIpc) is 3.32. The molecule has 4 rings (SSSR count). The second-order valence-electron chi connectivity index (χ2n) is 8.97. The molecule has 2 N–H and O–H groups in total. The second-order valence-corrected chi connectivity index (χ2v) is 8.97. The number of hydrogen-bond acceptors (Lipinski definition) is 5. The second kappa shape index (κ2) is 11.7. The number of benzene rings is 3. The lowest BCUT2D eigenvalue weighted by molar-refractivity contribution is -0.153. The van der Waals surface area contributed by atoms with E-state index in [1.807, 2.05) is 6.92 Å². The Morgan fingerprint density at radius 2 is 1.66 bits per heavy atom. The molecule has 0 aliphatic carbocycles. The Morgan fingerprint density at radius 3 is 2.27 bits per heavy atom. The number of hydrogen-bond donors (Lipinski definition) is 2. The number of alkyl halides is 3. The molecule has 0 aliphatic rings. The van der Waals surface area contributed by atoms with Crippen LogP contribution in [0.15, 0.2) is 71.3 Å². The van der Waals surface area contributed by atoms with Crippen LogP contribution in [0.2, 0.25) is 0 Å². The van der Waals surface area contributed by atoms with Crippen LogP contribution in [-0.4, -0.2) is 38.8 Å². The molecule has 0 saturated heterocycles. The maximum absolute atomic E-state index is 13.6. The maximum Gasteiger partial charge on any atom is 0.422 e. The number of amides is 2. The summed E-state index contributed by atoms with van der Waals surface area (Å²) in [6.45, 7) is 3.98. The average molecular weight is 571 g/mol. The Balaban J connectivity index is 1.97. The number of carbonyl (C=O) groups excluding carboxylic acids is 2. The number of nitrogens with one attached hydrogen (secondary N) is 2. The highest BCUT2D eigenvalue weighted by Crippen LogP contribution is 2.42. The summed E-state index contributed by atoms with van der Waals surface area (Å²) in [4.78, 5) is 26.0. The summed E-state index contributed by atoms with van der Waals surface area (Å²) in [5, 5.41) is 5.45. The van der Waals surface area contributed by atoms with Crippen molar-refractivity contribution in [2.75, 3.05) is 20.8 Å². The quantitative estimate of drug-likeness (QED) is 0.215. The standard InChI is InChI=1S/C30H26F4N2O5/c1-5-16(2)36-28(37)22-12-18(8-11-23(22)39-4)20-13-21-25(14-24(20)40-15-30(32,33)34)41-27(26(21)29(38)35-3)17-6-9-19(31)10-7-17/h6-14H,2,5,15H2,1,3-4H3,(H,35,38)(H,36,37). The van der Waals surface area contributed by atoms with E-state index in [0.717, 1.165) is 0 Å². The molecule has 0 bridgehead atoms. The van der Waals surface area contributed by atoms with Crippen LogP contribution >= 0.6 is 0 Å². The van der Waals surface area contributed by atoms with Crippen LogP contribution in [0.25, 0.3) is 33.4 Å². The molecule has 214 valence electrons. The topological polar surface area (TPSA) is 89.8 Å². The van der Waals surface area contributed by atoms with Crippen molar-refractivity contribution in [2.24, 2.45) is 0 Å². The van der Waals surface area contributed by atoms with Crippen LogP contribution in [-0.2, 0) is 0 Å². The van der Waals surface area contributed by atoms with Gasteiger partial charge in [0.15, 0.2) is 6.61 Å². The van der Waals surface area contributed by atoms with Crippen LogP contribution in [0.5, 0.6) is 11.5 Å². The summed E-state index contributed by atoms with van der Waals surface area (Å²) in [5.41, 5.74) is 1.55. The normalized spacial score (nSPS) is 11.3. The fraction of sp³-hybridized carbons (Fsp3) is 0.200. The van der Waals surface area contributed by atoms with E-state index in [1.54, 1.807) is 6.07 Å². The summed E-state index contributed by atoms with van der Waals surface area (Å²) < 4.78 is 69.5. The van der Waals surface area contributed by atoms with Crippen LogP contribution in [0.4, 0.5) is 17.6 Å². The molecule has 7 nitrogen and oxygen atoms in total. The lowest BCUT2D eigenvalue weighted by atomic mass is 9.97. The van der Waals surface area contributed by atoms with E-state index in [9.17, 15) is 27.2 Å². The van der Waals surface area contributed by atoms with Gasteiger partial charge >= 0.3 is 6.18 Å². The number of furan rings is 1. The Labute approximate surface area is 232 Å². The molecule has 1 heterocycles. The molecular formula is C30H26F4N2O5. The lowest BCUT2D eigenvalue weighted by Gasteiger charge is -2.16. The van der Waals surface area contributed by atoms with Gasteiger partial charge in [0.1, 0.15) is 28.7 Å². The highest BCUT2D eigenvalue weighted by atomic mass is 19.4. The van der Waals surface area contributed by atoms with Crippen molar-refractivity contribution in [2.45, 2.75) is 19.5 Å². The molecule has 11 heteroatoms. The molecular weight excluding hydrogens is 544 g/mol. The lowest BCUT2D eigenvalue weighted by Crippen LogP contribution is -2.22. The summed E-state index contributed by atoms with van der Waals surface area (Å²) in [5.74, 6) is -1.45. The van der Waals surface area contributed by atoms with Crippen molar-refractivity contribution in [1.29, 1.82) is 0 Å². The summed E-state index contributed by atoms with van der Waals surface area (Å²) in [6.07, 6.45) is -4.16. The number of allylic oxidation sites excluding steroid dienone is 1. The fourth-order valence-electron chi connectivity index (χ4n) is 4.15. The zero-order valence-electron chi connectivity index (χ0n) is 22.4. The number of carbonyl (C=O) groups is 2. The van der Waals surface area contributed by atoms with E-state index in [2.05, 4.69) is 17.2 Å². The van der Waals surface area contributed by atoms with Crippen LogP contribution < -0.4 is 20.1 Å².